The van der Waals surface area contributed by atoms with Crippen molar-refractivity contribution in [1.82, 2.24) is 14.9 Å². The van der Waals surface area contributed by atoms with Crippen LogP contribution in [-0.2, 0) is 4.74 Å². The largest absolute Gasteiger partial charge is 0.506 e. The predicted molar refractivity (Wildman–Crippen MR) is 133 cm³/mol. The minimum atomic E-state index is -0.384. The number of nitrogens with zero attached hydrogens (tertiary/aromatic N) is 3. The van der Waals surface area contributed by atoms with E-state index in [-0.39, 0.29) is 23.8 Å². The van der Waals surface area contributed by atoms with E-state index in [1.807, 2.05) is 70.3 Å². The molecule has 2 aromatic heterocycles. The van der Waals surface area contributed by atoms with Crippen molar-refractivity contribution in [2.24, 2.45) is 0 Å². The van der Waals surface area contributed by atoms with Crippen LogP contribution in [0, 0.1) is 0 Å². The predicted octanol–water partition coefficient (Wildman–Crippen LogP) is 4.54. The molecule has 1 aliphatic heterocycles. The number of carbonyl (C=O) groups excluding carboxylic acids is 1. The molecule has 0 unspecified atom stereocenters. The van der Waals surface area contributed by atoms with Crippen molar-refractivity contribution in [3.05, 3.63) is 108 Å². The molecule has 0 aliphatic carbocycles. The van der Waals surface area contributed by atoms with Crippen LogP contribution >= 0.6 is 12.2 Å². The summed E-state index contributed by atoms with van der Waals surface area (Å²) in [5.41, 5.74) is 3.74. The van der Waals surface area contributed by atoms with Crippen LogP contribution in [0.3, 0.4) is 0 Å². The minimum Gasteiger partial charge on any atom is -0.506 e. The van der Waals surface area contributed by atoms with Gasteiger partial charge in [0.25, 0.3) is 0 Å². The Bertz CT molecular complexity index is 1340. The van der Waals surface area contributed by atoms with Crippen LogP contribution in [0.25, 0.3) is 5.69 Å². The molecule has 7 nitrogen and oxygen atoms in total. The van der Waals surface area contributed by atoms with Gasteiger partial charge in [0.05, 0.1) is 30.1 Å². The van der Waals surface area contributed by atoms with Gasteiger partial charge in [0, 0.05) is 23.8 Å². The lowest BCUT2D eigenvalue weighted by Crippen LogP contribution is -2.30. The summed E-state index contributed by atoms with van der Waals surface area (Å²) in [7, 11) is 1.36. The average Bonchev–Trinajstić information content (AvgIpc) is 3.49. The highest BCUT2D eigenvalue weighted by Crippen LogP contribution is 2.44. The number of rotatable bonds is 5. The number of anilines is 1. The Balaban J connectivity index is 1.63. The number of para-hydroxylation sites is 2. The van der Waals surface area contributed by atoms with Gasteiger partial charge in [-0.25, -0.2) is 4.79 Å². The molecular weight excluding hydrogens is 448 g/mol. The highest BCUT2D eigenvalue weighted by atomic mass is 32.1. The maximum absolute atomic E-state index is 11.9. The Morgan fingerprint density at radius 2 is 1.79 bits per heavy atom. The summed E-state index contributed by atoms with van der Waals surface area (Å²) in [4.78, 5) is 18.4. The van der Waals surface area contributed by atoms with E-state index >= 15 is 0 Å². The van der Waals surface area contributed by atoms with Crippen molar-refractivity contribution in [3.8, 4) is 11.4 Å². The van der Waals surface area contributed by atoms with Gasteiger partial charge in [-0.15, -0.1) is 0 Å². The SMILES string of the molecule is COC(=O)c1ccc(-n2cccc2[C@@H]2[C@H](c3ccccn3)NC(=S)N2c2ccccc2O)cc1. The summed E-state index contributed by atoms with van der Waals surface area (Å²) < 4.78 is 6.86. The summed E-state index contributed by atoms with van der Waals surface area (Å²) in [5, 5.41) is 14.6. The summed E-state index contributed by atoms with van der Waals surface area (Å²) in [6.07, 6.45) is 3.71. The zero-order valence-electron chi connectivity index (χ0n) is 18.3. The van der Waals surface area contributed by atoms with Crippen molar-refractivity contribution >= 4 is 29.0 Å². The Morgan fingerprint density at radius 1 is 1.03 bits per heavy atom. The number of thiocarbonyl (C=S) groups is 1. The zero-order chi connectivity index (χ0) is 23.7. The number of aromatic nitrogens is 2. The second kappa shape index (κ2) is 8.99. The van der Waals surface area contributed by atoms with Gasteiger partial charge < -0.3 is 24.6 Å². The molecule has 5 rings (SSSR count). The average molecular weight is 471 g/mol. The number of benzene rings is 2. The Labute approximate surface area is 202 Å². The first-order chi connectivity index (χ1) is 16.6. The summed E-state index contributed by atoms with van der Waals surface area (Å²) in [6.45, 7) is 0. The van der Waals surface area contributed by atoms with Crippen molar-refractivity contribution in [3.63, 3.8) is 0 Å². The Hall–Kier alpha value is -4.17. The number of hydrogen-bond donors (Lipinski definition) is 2. The van der Waals surface area contributed by atoms with Gasteiger partial charge in [0.1, 0.15) is 11.8 Å². The summed E-state index contributed by atoms with van der Waals surface area (Å²) >= 11 is 5.74. The van der Waals surface area contributed by atoms with Crippen LogP contribution in [0.5, 0.6) is 5.75 Å². The van der Waals surface area contributed by atoms with E-state index in [9.17, 15) is 9.90 Å². The van der Waals surface area contributed by atoms with Gasteiger partial charge in [-0.1, -0.05) is 18.2 Å². The fourth-order valence-corrected chi connectivity index (χ4v) is 4.67. The lowest BCUT2D eigenvalue weighted by atomic mass is 10.0. The minimum absolute atomic E-state index is 0.138. The summed E-state index contributed by atoms with van der Waals surface area (Å²) in [6, 6.07) is 23.6. The van der Waals surface area contributed by atoms with E-state index in [4.69, 9.17) is 17.0 Å². The number of nitrogens with one attached hydrogen (secondary N) is 1. The van der Waals surface area contributed by atoms with Crippen molar-refractivity contribution in [2.75, 3.05) is 12.0 Å². The molecule has 34 heavy (non-hydrogen) atoms. The zero-order valence-corrected chi connectivity index (χ0v) is 19.1. The fraction of sp³-hybridized carbons (Fsp3) is 0.115. The van der Waals surface area contributed by atoms with Crippen LogP contribution in [0.4, 0.5) is 5.69 Å². The third-order valence-electron chi connectivity index (χ3n) is 5.89. The number of methoxy groups -OCH3 is 1. The molecule has 2 aromatic carbocycles. The van der Waals surface area contributed by atoms with E-state index in [1.165, 1.54) is 7.11 Å². The van der Waals surface area contributed by atoms with Gasteiger partial charge in [0.2, 0.25) is 0 Å². The highest BCUT2D eigenvalue weighted by Gasteiger charge is 2.42. The maximum Gasteiger partial charge on any atom is 0.337 e. The van der Waals surface area contributed by atoms with E-state index in [2.05, 4.69) is 10.3 Å². The third kappa shape index (κ3) is 3.78. The first-order valence-corrected chi connectivity index (χ1v) is 11.1. The number of phenolic OH excluding ortho intramolecular Hbond substituents is 1. The lowest BCUT2D eigenvalue weighted by Gasteiger charge is -2.29. The molecule has 0 saturated carbocycles. The van der Waals surface area contributed by atoms with Gasteiger partial charge in [0.15, 0.2) is 5.11 Å². The van der Waals surface area contributed by atoms with Crippen LogP contribution in [0.15, 0.2) is 91.3 Å². The van der Waals surface area contributed by atoms with Crippen molar-refractivity contribution in [1.29, 1.82) is 0 Å². The van der Waals surface area contributed by atoms with Crippen LogP contribution in [0.2, 0.25) is 0 Å². The molecule has 2 atom stereocenters. The molecular formula is C26H22N4O3S. The number of aromatic hydroxyl groups is 1. The number of hydrogen-bond acceptors (Lipinski definition) is 5. The molecule has 1 fully saturated rings. The molecule has 3 heterocycles. The lowest BCUT2D eigenvalue weighted by molar-refractivity contribution is 0.0600. The molecule has 0 amide bonds. The van der Waals surface area contributed by atoms with Crippen LogP contribution in [-0.4, -0.2) is 32.8 Å². The topological polar surface area (TPSA) is 79.6 Å². The van der Waals surface area contributed by atoms with E-state index in [0.29, 0.717) is 16.4 Å². The molecule has 1 saturated heterocycles. The Morgan fingerprint density at radius 3 is 2.50 bits per heavy atom. The van der Waals surface area contributed by atoms with Crippen LogP contribution < -0.4 is 10.2 Å². The molecule has 4 aromatic rings. The quantitative estimate of drug-likeness (QED) is 0.327. The smallest absolute Gasteiger partial charge is 0.337 e. The fourth-order valence-electron chi connectivity index (χ4n) is 4.33. The number of pyridine rings is 1. The van der Waals surface area contributed by atoms with E-state index in [0.717, 1.165) is 17.1 Å². The number of carbonyl (C=O) groups is 1. The molecule has 8 heteroatoms. The molecule has 1 aliphatic rings. The van der Waals surface area contributed by atoms with Gasteiger partial charge >= 0.3 is 5.97 Å². The van der Waals surface area contributed by atoms with E-state index in [1.54, 1.807) is 30.5 Å². The van der Waals surface area contributed by atoms with Gasteiger partial charge in [-0.3, -0.25) is 4.98 Å². The van der Waals surface area contributed by atoms with E-state index < -0.39 is 0 Å². The standard InChI is InChI=1S/C26H22N4O3S/c1-33-25(32)17-11-13-18(14-12-17)29-16-6-9-21(29)24-23(19-7-4-5-15-27-19)28-26(34)30(24)20-8-2-3-10-22(20)31/h2-16,23-24,31H,1H3,(H,28,34)/t23-,24+/m0/s1. The third-order valence-corrected chi connectivity index (χ3v) is 6.20. The molecule has 0 radical (unpaired) electrons. The maximum atomic E-state index is 11.9. The highest BCUT2D eigenvalue weighted by molar-refractivity contribution is 7.80. The Kier molecular flexibility index (Phi) is 5.73. The molecule has 0 bridgehead atoms. The first-order valence-electron chi connectivity index (χ1n) is 10.7. The second-order valence-corrected chi connectivity index (χ2v) is 8.21. The normalized spacial score (nSPS) is 17.4. The molecule has 0 spiro atoms. The van der Waals surface area contributed by atoms with Crippen LogP contribution in [0.1, 0.15) is 33.8 Å². The van der Waals surface area contributed by atoms with Crippen molar-refractivity contribution < 1.29 is 14.6 Å². The molecule has 2 N–H and O–H groups in total. The number of phenols is 1. The van der Waals surface area contributed by atoms with Crippen molar-refractivity contribution in [2.45, 2.75) is 12.1 Å². The molecule has 170 valence electrons. The summed E-state index contributed by atoms with van der Waals surface area (Å²) in [5.74, 6) is -0.246. The van der Waals surface area contributed by atoms with Gasteiger partial charge in [-0.05, 0) is 72.9 Å². The number of ether oxygens (including phenoxy) is 1. The first kappa shape index (κ1) is 21.7. The second-order valence-electron chi connectivity index (χ2n) is 7.83. The van der Waals surface area contributed by atoms with Gasteiger partial charge in [-0.2, -0.15) is 0 Å². The number of esters is 1. The monoisotopic (exact) mass is 470 g/mol.